The fourth-order valence-corrected chi connectivity index (χ4v) is 2.73. The molecule has 2 fully saturated rings. The summed E-state index contributed by atoms with van der Waals surface area (Å²) in [6, 6.07) is 8.64. The molecule has 2 aliphatic rings. The van der Waals surface area contributed by atoms with Crippen molar-refractivity contribution >= 4 is 0 Å². The van der Waals surface area contributed by atoms with E-state index >= 15 is 0 Å². The van der Waals surface area contributed by atoms with Gasteiger partial charge in [-0.05, 0) is 17.7 Å². The van der Waals surface area contributed by atoms with Crippen LogP contribution in [0, 0.1) is 0 Å². The van der Waals surface area contributed by atoms with E-state index in [9.17, 15) is 0 Å². The van der Waals surface area contributed by atoms with Crippen LogP contribution in [-0.4, -0.2) is 46.1 Å². The van der Waals surface area contributed by atoms with Gasteiger partial charge in [-0.2, -0.15) is 0 Å². The number of morpholine rings is 1. The molecule has 4 nitrogen and oxygen atoms in total. The summed E-state index contributed by atoms with van der Waals surface area (Å²) in [5.41, 5.74) is 1.37. The van der Waals surface area contributed by atoms with Crippen LogP contribution in [0.25, 0.3) is 0 Å². The number of benzene rings is 1. The van der Waals surface area contributed by atoms with Crippen molar-refractivity contribution in [3.8, 4) is 5.75 Å². The highest BCUT2D eigenvalue weighted by atomic mass is 16.5. The average molecular weight is 249 g/mol. The second kappa shape index (κ2) is 4.88. The van der Waals surface area contributed by atoms with E-state index in [-0.39, 0.29) is 5.41 Å². The van der Waals surface area contributed by atoms with Gasteiger partial charge in [0.25, 0.3) is 0 Å². The van der Waals surface area contributed by atoms with Crippen molar-refractivity contribution in [2.24, 2.45) is 0 Å². The minimum atomic E-state index is 0.0622. The highest BCUT2D eigenvalue weighted by Crippen LogP contribution is 2.37. The summed E-state index contributed by atoms with van der Waals surface area (Å²) in [6.45, 7) is 4.01. The molecule has 2 aliphatic heterocycles. The second-order valence-electron chi connectivity index (χ2n) is 4.96. The topological polar surface area (TPSA) is 39.7 Å². The Hall–Kier alpha value is -1.10. The molecule has 1 aromatic carbocycles. The number of hydrogen-bond acceptors (Lipinski definition) is 4. The number of methoxy groups -OCH3 is 1. The van der Waals surface area contributed by atoms with Crippen LogP contribution in [0.15, 0.2) is 24.3 Å². The zero-order valence-electron chi connectivity index (χ0n) is 10.6. The van der Waals surface area contributed by atoms with Crippen LogP contribution in [0.1, 0.15) is 5.56 Å². The molecular weight excluding hydrogens is 230 g/mol. The molecule has 0 aliphatic carbocycles. The average Bonchev–Trinajstić information content (AvgIpc) is 2.40. The molecule has 0 aromatic heterocycles. The maximum absolute atomic E-state index is 5.59. The maximum Gasteiger partial charge on any atom is 0.118 e. The van der Waals surface area contributed by atoms with Crippen molar-refractivity contribution in [1.82, 2.24) is 5.32 Å². The van der Waals surface area contributed by atoms with E-state index in [1.807, 2.05) is 12.1 Å². The number of rotatable bonds is 3. The molecule has 18 heavy (non-hydrogen) atoms. The SMILES string of the molecule is COc1ccc(C2(C3COCCN3)COC2)cc1. The third-order valence-electron chi connectivity index (χ3n) is 3.97. The van der Waals surface area contributed by atoms with Crippen LogP contribution in [0.3, 0.4) is 0 Å². The van der Waals surface area contributed by atoms with Crippen molar-refractivity contribution in [2.45, 2.75) is 11.5 Å². The summed E-state index contributed by atoms with van der Waals surface area (Å²) in [7, 11) is 1.69. The van der Waals surface area contributed by atoms with Gasteiger partial charge in [-0.15, -0.1) is 0 Å². The summed E-state index contributed by atoms with van der Waals surface area (Å²) in [5.74, 6) is 0.891. The second-order valence-corrected chi connectivity index (χ2v) is 4.96. The molecule has 2 saturated heterocycles. The van der Waals surface area contributed by atoms with E-state index in [1.165, 1.54) is 5.56 Å². The zero-order valence-corrected chi connectivity index (χ0v) is 10.6. The first-order chi connectivity index (χ1) is 8.85. The van der Waals surface area contributed by atoms with Crippen LogP contribution in [0.5, 0.6) is 5.75 Å². The van der Waals surface area contributed by atoms with Gasteiger partial charge in [-0.25, -0.2) is 0 Å². The Bertz CT molecular complexity index is 394. The fraction of sp³-hybridized carbons (Fsp3) is 0.571. The summed E-state index contributed by atoms with van der Waals surface area (Å²) in [5, 5.41) is 3.55. The molecule has 98 valence electrons. The summed E-state index contributed by atoms with van der Waals surface area (Å²) < 4.78 is 16.3. The molecule has 1 atom stereocenters. The molecule has 0 bridgehead atoms. The monoisotopic (exact) mass is 249 g/mol. The van der Waals surface area contributed by atoms with Gasteiger partial charge >= 0.3 is 0 Å². The van der Waals surface area contributed by atoms with Crippen LogP contribution in [0.2, 0.25) is 0 Å². The van der Waals surface area contributed by atoms with Gasteiger partial charge in [0.15, 0.2) is 0 Å². The highest BCUT2D eigenvalue weighted by Gasteiger charge is 2.47. The Balaban J connectivity index is 1.85. The predicted octanol–water partition coefficient (Wildman–Crippen LogP) is 0.952. The zero-order chi connectivity index (χ0) is 12.4. The lowest BCUT2D eigenvalue weighted by molar-refractivity contribution is -0.101. The third kappa shape index (κ3) is 1.90. The first kappa shape index (κ1) is 12.0. The molecule has 1 unspecified atom stereocenters. The van der Waals surface area contributed by atoms with Crippen molar-refractivity contribution in [2.75, 3.05) is 40.1 Å². The lowest BCUT2D eigenvalue weighted by Gasteiger charge is -2.49. The van der Waals surface area contributed by atoms with Gasteiger partial charge in [0, 0.05) is 12.6 Å². The number of hydrogen-bond donors (Lipinski definition) is 1. The summed E-state index contributed by atoms with van der Waals surface area (Å²) in [6.07, 6.45) is 0. The molecule has 0 amide bonds. The Morgan fingerprint density at radius 1 is 1.22 bits per heavy atom. The quantitative estimate of drug-likeness (QED) is 0.866. The van der Waals surface area contributed by atoms with Crippen LogP contribution < -0.4 is 10.1 Å². The van der Waals surface area contributed by atoms with Crippen molar-refractivity contribution in [1.29, 1.82) is 0 Å². The molecule has 0 spiro atoms. The lowest BCUT2D eigenvalue weighted by atomic mass is 9.72. The minimum absolute atomic E-state index is 0.0622. The maximum atomic E-state index is 5.59. The van der Waals surface area contributed by atoms with E-state index < -0.39 is 0 Å². The van der Waals surface area contributed by atoms with Crippen LogP contribution in [0.4, 0.5) is 0 Å². The van der Waals surface area contributed by atoms with E-state index in [0.717, 1.165) is 38.7 Å². The van der Waals surface area contributed by atoms with E-state index in [4.69, 9.17) is 14.2 Å². The van der Waals surface area contributed by atoms with Crippen molar-refractivity contribution < 1.29 is 14.2 Å². The molecular formula is C14H19NO3. The van der Waals surface area contributed by atoms with Crippen LogP contribution in [-0.2, 0) is 14.9 Å². The Morgan fingerprint density at radius 3 is 2.50 bits per heavy atom. The Morgan fingerprint density at radius 2 is 2.00 bits per heavy atom. The first-order valence-electron chi connectivity index (χ1n) is 6.38. The molecule has 3 rings (SSSR count). The Labute approximate surface area is 107 Å². The molecule has 0 radical (unpaired) electrons. The van der Waals surface area contributed by atoms with Gasteiger partial charge in [0.2, 0.25) is 0 Å². The van der Waals surface area contributed by atoms with E-state index in [1.54, 1.807) is 7.11 Å². The van der Waals surface area contributed by atoms with Gasteiger partial charge in [0.05, 0.1) is 39.0 Å². The van der Waals surface area contributed by atoms with Gasteiger partial charge < -0.3 is 19.5 Å². The highest BCUT2D eigenvalue weighted by molar-refractivity contribution is 5.36. The predicted molar refractivity (Wildman–Crippen MR) is 68.1 cm³/mol. The molecule has 0 saturated carbocycles. The Kier molecular flexibility index (Phi) is 3.24. The summed E-state index contributed by atoms with van der Waals surface area (Å²) >= 11 is 0. The van der Waals surface area contributed by atoms with Crippen LogP contribution >= 0.6 is 0 Å². The standard InChI is InChI=1S/C14H19NO3/c1-16-12-4-2-11(3-5-12)14(9-18-10-14)13-8-17-7-6-15-13/h2-5,13,15H,6-10H2,1H3. The van der Waals surface area contributed by atoms with Crippen molar-refractivity contribution in [3.05, 3.63) is 29.8 Å². The number of ether oxygens (including phenoxy) is 3. The molecule has 4 heteroatoms. The van der Waals surface area contributed by atoms with Gasteiger partial charge in [-0.1, -0.05) is 12.1 Å². The van der Waals surface area contributed by atoms with Gasteiger partial charge in [0.1, 0.15) is 5.75 Å². The summed E-state index contributed by atoms with van der Waals surface area (Å²) in [4.78, 5) is 0. The minimum Gasteiger partial charge on any atom is -0.497 e. The smallest absolute Gasteiger partial charge is 0.118 e. The molecule has 1 N–H and O–H groups in total. The van der Waals surface area contributed by atoms with E-state index in [0.29, 0.717) is 6.04 Å². The molecule has 1 aromatic rings. The molecule has 2 heterocycles. The van der Waals surface area contributed by atoms with E-state index in [2.05, 4.69) is 17.4 Å². The first-order valence-corrected chi connectivity index (χ1v) is 6.38. The largest absolute Gasteiger partial charge is 0.497 e. The third-order valence-corrected chi connectivity index (χ3v) is 3.97. The van der Waals surface area contributed by atoms with Gasteiger partial charge in [-0.3, -0.25) is 0 Å². The number of nitrogens with one attached hydrogen (secondary N) is 1. The normalized spacial score (nSPS) is 26.4. The lowest BCUT2D eigenvalue weighted by Crippen LogP contribution is -2.63. The fourth-order valence-electron chi connectivity index (χ4n) is 2.73. The van der Waals surface area contributed by atoms with Crippen molar-refractivity contribution in [3.63, 3.8) is 0 Å².